The number of phosphoric ester groups is 1. The molecule has 0 aliphatic carbocycles. The summed E-state index contributed by atoms with van der Waals surface area (Å²) in [6, 6.07) is 0. The van der Waals surface area contributed by atoms with Crippen molar-refractivity contribution in [1.82, 2.24) is 0 Å². The van der Waals surface area contributed by atoms with E-state index in [-0.39, 0.29) is 32.0 Å². The van der Waals surface area contributed by atoms with Crippen LogP contribution in [0.15, 0.2) is 36.5 Å². The van der Waals surface area contributed by atoms with E-state index in [4.69, 9.17) is 18.5 Å². The fourth-order valence-electron chi connectivity index (χ4n) is 4.54. The van der Waals surface area contributed by atoms with Crippen molar-refractivity contribution in [2.75, 3.05) is 19.8 Å². The van der Waals surface area contributed by atoms with E-state index in [1.54, 1.807) is 6.92 Å². The van der Waals surface area contributed by atoms with Crippen LogP contribution in [0.4, 0.5) is 0 Å². The Balaban J connectivity index is 4.23. The molecular weight excluding hydrogens is 591 g/mol. The number of rotatable bonds is 32. The Kier molecular flexibility index (Phi) is 31.0. The Morgan fingerprint density at radius 1 is 0.600 bits per heavy atom. The first-order chi connectivity index (χ1) is 21.8. The van der Waals surface area contributed by atoms with Crippen LogP contribution in [0.3, 0.4) is 0 Å². The molecule has 0 rings (SSSR count). The summed E-state index contributed by atoms with van der Waals surface area (Å²) in [4.78, 5) is 34.5. The van der Waals surface area contributed by atoms with Crippen LogP contribution in [0.1, 0.15) is 156 Å². The fourth-order valence-corrected chi connectivity index (χ4v) is 5.30. The molecule has 45 heavy (non-hydrogen) atoms. The van der Waals surface area contributed by atoms with Crippen molar-refractivity contribution in [3.05, 3.63) is 36.5 Å². The van der Waals surface area contributed by atoms with Gasteiger partial charge in [0.15, 0.2) is 6.10 Å². The monoisotopic (exact) mass is 656 g/mol. The molecule has 0 spiro atoms. The average molecular weight is 657 g/mol. The molecule has 0 aliphatic heterocycles. The Morgan fingerprint density at radius 3 is 1.69 bits per heavy atom. The minimum absolute atomic E-state index is 0.00432. The first-order valence-corrected chi connectivity index (χ1v) is 19.3. The first-order valence-electron chi connectivity index (χ1n) is 17.8. The zero-order valence-corrected chi connectivity index (χ0v) is 29.7. The molecule has 0 aromatic carbocycles. The minimum atomic E-state index is -4.27. The highest BCUT2D eigenvalue weighted by molar-refractivity contribution is 7.47. The number of carbonyl (C=O) groups is 2. The van der Waals surface area contributed by atoms with Crippen molar-refractivity contribution in [3.63, 3.8) is 0 Å². The molecule has 0 saturated heterocycles. The summed E-state index contributed by atoms with van der Waals surface area (Å²) in [6.45, 7) is 5.33. The standard InChI is InChI=1S/C36H65O8P/c1-4-7-9-11-13-15-17-19-21-23-25-27-29-31-36(38)44-34(33-43-45(39,40)42-6-3)32-41-35(37)30-28-26-24-22-20-18-16-14-12-10-8-5-2/h9,11,14-17,34H,4-8,10,12-13,18-33H2,1-3H3,(H,39,40)/b11-9-,16-14-,17-15-. The molecule has 0 amide bonds. The summed E-state index contributed by atoms with van der Waals surface area (Å²) < 4.78 is 32.4. The smallest absolute Gasteiger partial charge is 0.462 e. The molecule has 9 heteroatoms. The molecule has 0 fully saturated rings. The molecule has 0 radical (unpaired) electrons. The fraction of sp³-hybridized carbons (Fsp3) is 0.778. The van der Waals surface area contributed by atoms with Gasteiger partial charge in [-0.3, -0.25) is 18.6 Å². The SMILES string of the molecule is CCC/C=C\C/C=C\CCCCCCCC(=O)OC(COC(=O)CCCCCCC/C=C\CCCCC)COP(=O)(O)OCC. The lowest BCUT2D eigenvalue weighted by molar-refractivity contribution is -0.161. The average Bonchev–Trinajstić information content (AvgIpc) is 3.01. The zero-order valence-electron chi connectivity index (χ0n) is 28.8. The molecule has 0 aliphatic rings. The summed E-state index contributed by atoms with van der Waals surface area (Å²) in [5, 5.41) is 0. The van der Waals surface area contributed by atoms with Gasteiger partial charge in [0, 0.05) is 12.8 Å². The second kappa shape index (κ2) is 32.2. The van der Waals surface area contributed by atoms with Crippen LogP contribution in [-0.4, -0.2) is 42.8 Å². The van der Waals surface area contributed by atoms with Crippen molar-refractivity contribution < 1.29 is 37.6 Å². The third-order valence-corrected chi connectivity index (χ3v) is 8.21. The van der Waals surface area contributed by atoms with E-state index in [9.17, 15) is 19.0 Å². The third kappa shape index (κ3) is 32.0. The van der Waals surface area contributed by atoms with E-state index in [1.165, 1.54) is 32.1 Å². The lowest BCUT2D eigenvalue weighted by Gasteiger charge is -2.19. The van der Waals surface area contributed by atoms with Crippen LogP contribution < -0.4 is 0 Å². The number of esters is 2. The highest BCUT2D eigenvalue weighted by Crippen LogP contribution is 2.43. The lowest BCUT2D eigenvalue weighted by atomic mass is 10.1. The van der Waals surface area contributed by atoms with Gasteiger partial charge in [-0.15, -0.1) is 0 Å². The number of ether oxygens (including phenoxy) is 2. The largest absolute Gasteiger partial charge is 0.472 e. The molecule has 0 aromatic rings. The second-order valence-corrected chi connectivity index (χ2v) is 13.0. The molecule has 0 heterocycles. The number of carbonyl (C=O) groups excluding carboxylic acids is 2. The number of phosphoric acid groups is 1. The molecule has 8 nitrogen and oxygen atoms in total. The summed E-state index contributed by atoms with van der Waals surface area (Å²) in [5.41, 5.74) is 0. The Hall–Kier alpha value is -1.73. The molecule has 0 bridgehead atoms. The summed E-state index contributed by atoms with van der Waals surface area (Å²) in [7, 11) is -4.27. The molecule has 0 saturated carbocycles. The highest BCUT2D eigenvalue weighted by atomic mass is 31.2. The van der Waals surface area contributed by atoms with Crippen LogP contribution >= 0.6 is 7.82 Å². The lowest BCUT2D eigenvalue weighted by Crippen LogP contribution is -2.29. The van der Waals surface area contributed by atoms with Crippen LogP contribution in [0.25, 0.3) is 0 Å². The molecule has 1 N–H and O–H groups in total. The van der Waals surface area contributed by atoms with Gasteiger partial charge in [-0.05, 0) is 71.1 Å². The van der Waals surface area contributed by atoms with Crippen LogP contribution in [-0.2, 0) is 32.7 Å². The summed E-state index contributed by atoms with van der Waals surface area (Å²) in [5.74, 6) is -0.829. The quantitative estimate of drug-likeness (QED) is 0.0330. The van der Waals surface area contributed by atoms with E-state index >= 15 is 0 Å². The van der Waals surface area contributed by atoms with E-state index in [2.05, 4.69) is 50.3 Å². The van der Waals surface area contributed by atoms with Gasteiger partial charge in [-0.25, -0.2) is 4.57 Å². The topological polar surface area (TPSA) is 108 Å². The summed E-state index contributed by atoms with van der Waals surface area (Å²) in [6.07, 6.45) is 33.4. The van der Waals surface area contributed by atoms with Gasteiger partial charge >= 0.3 is 19.8 Å². The second-order valence-electron chi connectivity index (χ2n) is 11.5. The van der Waals surface area contributed by atoms with Gasteiger partial charge in [0.25, 0.3) is 0 Å². The van der Waals surface area contributed by atoms with Gasteiger partial charge in [-0.2, -0.15) is 0 Å². The van der Waals surface area contributed by atoms with Crippen molar-refractivity contribution in [2.45, 2.75) is 162 Å². The minimum Gasteiger partial charge on any atom is -0.462 e. The van der Waals surface area contributed by atoms with E-state index in [0.717, 1.165) is 83.5 Å². The van der Waals surface area contributed by atoms with Gasteiger partial charge < -0.3 is 14.4 Å². The molecular formula is C36H65O8P. The first kappa shape index (κ1) is 43.3. The Labute approximate surface area is 275 Å². The summed E-state index contributed by atoms with van der Waals surface area (Å²) >= 11 is 0. The predicted octanol–water partition coefficient (Wildman–Crippen LogP) is 10.5. The van der Waals surface area contributed by atoms with E-state index in [1.807, 2.05) is 0 Å². The molecule has 0 aromatic heterocycles. The van der Waals surface area contributed by atoms with Crippen molar-refractivity contribution in [3.8, 4) is 0 Å². The number of hydrogen-bond donors (Lipinski definition) is 1. The van der Waals surface area contributed by atoms with Crippen molar-refractivity contribution in [1.29, 1.82) is 0 Å². The maximum atomic E-state index is 12.4. The molecule has 2 atom stereocenters. The number of unbranched alkanes of at least 4 members (excludes halogenated alkanes) is 14. The predicted molar refractivity (Wildman–Crippen MR) is 184 cm³/mol. The molecule has 2 unspecified atom stereocenters. The maximum absolute atomic E-state index is 12.4. The van der Waals surface area contributed by atoms with Crippen LogP contribution in [0.5, 0.6) is 0 Å². The van der Waals surface area contributed by atoms with Crippen molar-refractivity contribution >= 4 is 19.8 Å². The van der Waals surface area contributed by atoms with Gasteiger partial charge in [0.05, 0.1) is 13.2 Å². The van der Waals surface area contributed by atoms with E-state index in [0.29, 0.717) is 6.42 Å². The van der Waals surface area contributed by atoms with Gasteiger partial charge in [0.2, 0.25) is 0 Å². The van der Waals surface area contributed by atoms with E-state index < -0.39 is 26.5 Å². The normalized spacial score (nSPS) is 14.0. The van der Waals surface area contributed by atoms with Gasteiger partial charge in [0.1, 0.15) is 6.61 Å². The highest BCUT2D eigenvalue weighted by Gasteiger charge is 2.25. The molecule has 262 valence electrons. The Morgan fingerprint density at radius 2 is 1.11 bits per heavy atom. The zero-order chi connectivity index (χ0) is 33.3. The number of hydrogen-bond acceptors (Lipinski definition) is 7. The van der Waals surface area contributed by atoms with Crippen LogP contribution in [0.2, 0.25) is 0 Å². The van der Waals surface area contributed by atoms with Gasteiger partial charge in [-0.1, -0.05) is 108 Å². The Bertz CT molecular complexity index is 839. The van der Waals surface area contributed by atoms with Crippen LogP contribution in [0, 0.1) is 0 Å². The third-order valence-electron chi connectivity index (χ3n) is 7.15. The maximum Gasteiger partial charge on any atom is 0.472 e. The van der Waals surface area contributed by atoms with Crippen molar-refractivity contribution in [2.24, 2.45) is 0 Å². The number of allylic oxidation sites excluding steroid dienone is 6.